The van der Waals surface area contributed by atoms with E-state index in [9.17, 15) is 0 Å². The average Bonchev–Trinajstić information content (AvgIpc) is 2.89. The molecule has 5 heteroatoms. The fourth-order valence-corrected chi connectivity index (χ4v) is 3.37. The molecule has 1 fully saturated rings. The van der Waals surface area contributed by atoms with Crippen molar-refractivity contribution in [2.24, 2.45) is 18.7 Å². The number of hydrogen-bond donors (Lipinski definition) is 1. The monoisotopic (exact) mass is 266 g/mol. The zero-order valence-electron chi connectivity index (χ0n) is 12.5. The number of aryl methyl sites for hydroxylation is 2. The number of likely N-dealkylation sites (tertiary alicyclic amines) is 1. The van der Waals surface area contributed by atoms with Crippen LogP contribution in [-0.2, 0) is 7.05 Å². The van der Waals surface area contributed by atoms with Crippen molar-refractivity contribution in [2.75, 3.05) is 26.7 Å². The maximum atomic E-state index is 5.97. The van der Waals surface area contributed by atoms with Gasteiger partial charge in [0, 0.05) is 13.1 Å². The van der Waals surface area contributed by atoms with E-state index in [1.54, 1.807) is 7.11 Å². The summed E-state index contributed by atoms with van der Waals surface area (Å²) in [5.74, 6) is 1.38. The Bertz CT molecular complexity index is 429. The Kier molecular flexibility index (Phi) is 4.47. The van der Waals surface area contributed by atoms with E-state index >= 15 is 0 Å². The Labute approximate surface area is 115 Å². The highest BCUT2D eigenvalue weighted by molar-refractivity contribution is 5.35. The van der Waals surface area contributed by atoms with Crippen LogP contribution in [0.3, 0.4) is 0 Å². The first-order chi connectivity index (χ1) is 9.13. The van der Waals surface area contributed by atoms with Gasteiger partial charge in [-0.2, -0.15) is 5.10 Å². The van der Waals surface area contributed by atoms with E-state index in [1.165, 1.54) is 12.0 Å². The molecule has 1 saturated heterocycles. The summed E-state index contributed by atoms with van der Waals surface area (Å²) < 4.78 is 7.40. The summed E-state index contributed by atoms with van der Waals surface area (Å²) in [6, 6.07) is 0.355. The molecule has 1 aliphatic rings. The van der Waals surface area contributed by atoms with E-state index in [4.69, 9.17) is 10.5 Å². The number of nitrogens with two attached hydrogens (primary N) is 1. The minimum atomic E-state index is 0.355. The zero-order valence-corrected chi connectivity index (χ0v) is 12.5. The van der Waals surface area contributed by atoms with Gasteiger partial charge >= 0.3 is 0 Å². The average molecular weight is 266 g/mol. The fraction of sp³-hybridized carbons (Fsp3) is 0.786. The second kappa shape index (κ2) is 5.92. The normalized spacial score (nSPS) is 24.1. The van der Waals surface area contributed by atoms with Gasteiger partial charge in [-0.25, -0.2) is 4.68 Å². The van der Waals surface area contributed by atoms with Crippen molar-refractivity contribution in [1.82, 2.24) is 14.7 Å². The van der Waals surface area contributed by atoms with Gasteiger partial charge < -0.3 is 10.5 Å². The number of nitrogens with zero attached hydrogens (tertiary/aromatic N) is 3. The molecule has 0 radical (unpaired) electrons. The van der Waals surface area contributed by atoms with Gasteiger partial charge in [-0.3, -0.25) is 4.90 Å². The molecule has 19 heavy (non-hydrogen) atoms. The Balaban J connectivity index is 2.40. The highest BCUT2D eigenvalue weighted by Crippen LogP contribution is 2.42. The van der Waals surface area contributed by atoms with Gasteiger partial charge in [-0.15, -0.1) is 0 Å². The number of ether oxygens (including phenoxy) is 1. The molecule has 0 saturated carbocycles. The number of methoxy groups -OCH3 is 1. The van der Waals surface area contributed by atoms with Crippen molar-refractivity contribution in [1.29, 1.82) is 0 Å². The largest absolute Gasteiger partial charge is 0.481 e. The summed E-state index contributed by atoms with van der Waals surface area (Å²) in [6.45, 7) is 7.24. The van der Waals surface area contributed by atoms with E-state index in [-0.39, 0.29) is 0 Å². The summed E-state index contributed by atoms with van der Waals surface area (Å²) in [6.07, 6.45) is 2.33. The molecular weight excluding hydrogens is 240 g/mol. The van der Waals surface area contributed by atoms with Crippen LogP contribution < -0.4 is 10.5 Å². The molecule has 0 amide bonds. The van der Waals surface area contributed by atoms with Gasteiger partial charge in [0.05, 0.1) is 18.4 Å². The summed E-state index contributed by atoms with van der Waals surface area (Å²) in [5.41, 5.74) is 8.26. The van der Waals surface area contributed by atoms with E-state index < -0.39 is 0 Å². The third-order valence-corrected chi connectivity index (χ3v) is 4.14. The Morgan fingerprint density at radius 1 is 1.47 bits per heavy atom. The Morgan fingerprint density at radius 3 is 2.79 bits per heavy atom. The second-order valence-corrected chi connectivity index (χ2v) is 5.40. The molecule has 2 atom stereocenters. The topological polar surface area (TPSA) is 56.3 Å². The molecule has 2 N–H and O–H groups in total. The maximum absolute atomic E-state index is 5.97. The van der Waals surface area contributed by atoms with Crippen LogP contribution in [0, 0.1) is 12.8 Å². The lowest BCUT2D eigenvalue weighted by molar-refractivity contribution is 0.223. The number of aromatic nitrogens is 2. The molecule has 108 valence electrons. The first kappa shape index (κ1) is 14.3. The lowest BCUT2D eigenvalue weighted by atomic mass is 9.93. The molecule has 1 aromatic rings. The third-order valence-electron chi connectivity index (χ3n) is 4.14. The predicted molar refractivity (Wildman–Crippen MR) is 76.3 cm³/mol. The molecule has 5 nitrogen and oxygen atoms in total. The first-order valence-electron chi connectivity index (χ1n) is 7.15. The van der Waals surface area contributed by atoms with Crippen molar-refractivity contribution >= 4 is 0 Å². The molecule has 2 heterocycles. The maximum Gasteiger partial charge on any atom is 0.216 e. The number of hydrogen-bond acceptors (Lipinski definition) is 4. The van der Waals surface area contributed by atoms with Gasteiger partial charge in [-0.05, 0) is 45.3 Å². The second-order valence-electron chi connectivity index (χ2n) is 5.40. The summed E-state index contributed by atoms with van der Waals surface area (Å²) in [7, 11) is 3.66. The van der Waals surface area contributed by atoms with Crippen LogP contribution in [0.2, 0.25) is 0 Å². The van der Waals surface area contributed by atoms with Crippen LogP contribution in [0.15, 0.2) is 0 Å². The third kappa shape index (κ3) is 2.49. The van der Waals surface area contributed by atoms with Crippen molar-refractivity contribution in [3.05, 3.63) is 11.3 Å². The van der Waals surface area contributed by atoms with E-state index in [2.05, 4.69) is 23.8 Å². The van der Waals surface area contributed by atoms with E-state index in [0.717, 1.165) is 37.6 Å². The Hall–Kier alpha value is -1.07. The van der Waals surface area contributed by atoms with Crippen molar-refractivity contribution in [3.63, 3.8) is 0 Å². The molecule has 1 aliphatic heterocycles. The van der Waals surface area contributed by atoms with Gasteiger partial charge in [0.2, 0.25) is 5.88 Å². The van der Waals surface area contributed by atoms with Crippen molar-refractivity contribution in [2.45, 2.75) is 32.7 Å². The van der Waals surface area contributed by atoms with Crippen LogP contribution >= 0.6 is 0 Å². The molecule has 2 rings (SSSR count). The molecule has 0 bridgehead atoms. The summed E-state index contributed by atoms with van der Waals surface area (Å²) in [4.78, 5) is 2.53. The zero-order chi connectivity index (χ0) is 14.0. The van der Waals surface area contributed by atoms with Crippen molar-refractivity contribution < 1.29 is 4.74 Å². The van der Waals surface area contributed by atoms with E-state index in [1.807, 2.05) is 11.7 Å². The van der Waals surface area contributed by atoms with Crippen LogP contribution in [0.25, 0.3) is 0 Å². The van der Waals surface area contributed by atoms with Gasteiger partial charge in [-0.1, -0.05) is 6.92 Å². The SMILES string of the molecule is CCCN1CCC(CN)C1c1c(C)nn(C)c1OC. The smallest absolute Gasteiger partial charge is 0.216 e. The highest BCUT2D eigenvalue weighted by atomic mass is 16.5. The predicted octanol–water partition coefficient (Wildman–Crippen LogP) is 1.47. The van der Waals surface area contributed by atoms with Gasteiger partial charge in [0.25, 0.3) is 0 Å². The molecule has 1 aromatic heterocycles. The van der Waals surface area contributed by atoms with Crippen LogP contribution in [0.4, 0.5) is 0 Å². The van der Waals surface area contributed by atoms with Gasteiger partial charge in [0.1, 0.15) is 0 Å². The van der Waals surface area contributed by atoms with Crippen LogP contribution in [-0.4, -0.2) is 41.4 Å². The Morgan fingerprint density at radius 2 is 2.21 bits per heavy atom. The molecule has 0 spiro atoms. The van der Waals surface area contributed by atoms with Crippen LogP contribution in [0.5, 0.6) is 5.88 Å². The summed E-state index contributed by atoms with van der Waals surface area (Å²) >= 11 is 0. The molecule has 0 aliphatic carbocycles. The molecular formula is C14H26N4O. The lowest BCUT2D eigenvalue weighted by Crippen LogP contribution is -2.29. The first-order valence-corrected chi connectivity index (χ1v) is 7.15. The minimum absolute atomic E-state index is 0.355. The lowest BCUT2D eigenvalue weighted by Gasteiger charge is -2.28. The summed E-state index contributed by atoms with van der Waals surface area (Å²) in [5, 5.41) is 4.51. The van der Waals surface area contributed by atoms with E-state index in [0.29, 0.717) is 12.0 Å². The van der Waals surface area contributed by atoms with Crippen molar-refractivity contribution in [3.8, 4) is 5.88 Å². The van der Waals surface area contributed by atoms with Gasteiger partial charge in [0.15, 0.2) is 0 Å². The standard InChI is InChI=1S/C14H26N4O/c1-5-7-18-8-6-11(9-15)13(18)12-10(2)16-17(3)14(12)19-4/h11,13H,5-9,15H2,1-4H3. The number of rotatable bonds is 5. The fourth-order valence-electron chi connectivity index (χ4n) is 3.37. The quantitative estimate of drug-likeness (QED) is 0.877. The molecule has 2 unspecified atom stereocenters. The highest BCUT2D eigenvalue weighted by Gasteiger charge is 2.38. The molecule has 0 aromatic carbocycles. The van der Waals surface area contributed by atoms with Crippen LogP contribution in [0.1, 0.15) is 37.1 Å². The minimum Gasteiger partial charge on any atom is -0.481 e.